The first kappa shape index (κ1) is 22.5. The van der Waals surface area contributed by atoms with Crippen molar-refractivity contribution in [3.8, 4) is 28.1 Å². The molecule has 11 heteroatoms. The number of aromatic nitrogens is 3. The third-order valence-electron chi connectivity index (χ3n) is 5.06. The molecule has 0 saturated carbocycles. The summed E-state index contributed by atoms with van der Waals surface area (Å²) in [5.74, 6) is 0. The van der Waals surface area contributed by atoms with Gasteiger partial charge in [0.25, 0.3) is 0 Å². The lowest BCUT2D eigenvalue weighted by Crippen LogP contribution is -2.23. The summed E-state index contributed by atoms with van der Waals surface area (Å²) in [6, 6.07) is 14.5. The lowest BCUT2D eigenvalue weighted by molar-refractivity contribution is -0.605. The molecule has 0 bridgehead atoms. The Kier molecular flexibility index (Phi) is 5.46. The molecule has 0 spiro atoms. The van der Waals surface area contributed by atoms with Gasteiger partial charge in [-0.15, -0.1) is 0 Å². The standard InChI is InChI=1S/C22H17F3N4O3S/c1-14-2-3-16(15-8-10-28(30)11-9-15)12-19(14)20-13-21(22(23,24)25)27-29(20)17-4-6-18(7-5-17)33(26,31)32/h2-13H,1H3,(H2,26,31,32). The molecule has 2 aromatic carbocycles. The lowest BCUT2D eigenvalue weighted by atomic mass is 9.98. The number of hydrogen-bond acceptors (Lipinski definition) is 4. The Bertz CT molecular complexity index is 1430. The van der Waals surface area contributed by atoms with Crippen molar-refractivity contribution in [2.24, 2.45) is 5.14 Å². The molecule has 2 heterocycles. The molecule has 4 rings (SSSR count). The Morgan fingerprint density at radius 2 is 1.61 bits per heavy atom. The van der Waals surface area contributed by atoms with Gasteiger partial charge in [-0.3, -0.25) is 0 Å². The van der Waals surface area contributed by atoms with E-state index in [2.05, 4.69) is 5.10 Å². The van der Waals surface area contributed by atoms with Crippen molar-refractivity contribution in [2.75, 3.05) is 0 Å². The fraction of sp³-hybridized carbons (Fsp3) is 0.0909. The molecule has 33 heavy (non-hydrogen) atoms. The van der Waals surface area contributed by atoms with Crippen molar-refractivity contribution < 1.29 is 26.3 Å². The van der Waals surface area contributed by atoms with Crippen LogP contribution in [0.2, 0.25) is 0 Å². The SMILES string of the molecule is Cc1ccc(-c2cc[n+]([O-])cc2)cc1-c1cc(C(F)(F)F)nn1-c1ccc(S(N)(=O)=O)cc1. The molecule has 7 nitrogen and oxygen atoms in total. The maximum Gasteiger partial charge on any atom is 0.435 e. The van der Waals surface area contributed by atoms with Crippen molar-refractivity contribution >= 4 is 10.0 Å². The van der Waals surface area contributed by atoms with Crippen LogP contribution in [0.3, 0.4) is 0 Å². The van der Waals surface area contributed by atoms with Crippen molar-refractivity contribution in [1.82, 2.24) is 9.78 Å². The van der Waals surface area contributed by atoms with Crippen LogP contribution < -0.4 is 9.87 Å². The number of nitrogens with two attached hydrogens (primary N) is 1. The first-order valence-electron chi connectivity index (χ1n) is 9.54. The minimum atomic E-state index is -4.69. The van der Waals surface area contributed by atoms with Gasteiger partial charge in [-0.25, -0.2) is 18.2 Å². The maximum atomic E-state index is 13.5. The van der Waals surface area contributed by atoms with Crippen LogP contribution in [-0.4, -0.2) is 18.2 Å². The summed E-state index contributed by atoms with van der Waals surface area (Å²) in [7, 11) is -3.96. The highest BCUT2D eigenvalue weighted by atomic mass is 32.2. The van der Waals surface area contributed by atoms with Gasteiger partial charge in [0.2, 0.25) is 10.0 Å². The first-order chi connectivity index (χ1) is 15.4. The van der Waals surface area contributed by atoms with Crippen LogP contribution in [-0.2, 0) is 16.2 Å². The molecule has 0 aliphatic heterocycles. The number of sulfonamides is 1. The Morgan fingerprint density at radius 1 is 0.970 bits per heavy atom. The Balaban J connectivity index is 1.90. The van der Waals surface area contributed by atoms with E-state index in [1.165, 1.54) is 36.7 Å². The van der Waals surface area contributed by atoms with Gasteiger partial charge in [0.15, 0.2) is 18.1 Å². The highest BCUT2D eigenvalue weighted by Crippen LogP contribution is 2.36. The predicted octanol–water partition coefficient (Wildman–Crippen LogP) is 3.81. The molecule has 0 aliphatic rings. The minimum Gasteiger partial charge on any atom is -0.619 e. The zero-order valence-corrected chi connectivity index (χ0v) is 17.9. The molecular weight excluding hydrogens is 457 g/mol. The third kappa shape index (κ3) is 4.59. The van der Waals surface area contributed by atoms with Gasteiger partial charge in [-0.2, -0.15) is 23.0 Å². The fourth-order valence-electron chi connectivity index (χ4n) is 3.37. The molecule has 0 aliphatic carbocycles. The molecule has 2 aromatic heterocycles. The molecule has 0 radical (unpaired) electrons. The van der Waals surface area contributed by atoms with Crippen LogP contribution in [0.1, 0.15) is 11.3 Å². The van der Waals surface area contributed by atoms with E-state index in [4.69, 9.17) is 5.14 Å². The van der Waals surface area contributed by atoms with Crippen molar-refractivity contribution in [1.29, 1.82) is 0 Å². The second kappa shape index (κ2) is 8.01. The van der Waals surface area contributed by atoms with Crippen molar-refractivity contribution in [3.63, 3.8) is 0 Å². The summed E-state index contributed by atoms with van der Waals surface area (Å²) in [5.41, 5.74) is 1.90. The Morgan fingerprint density at radius 3 is 2.18 bits per heavy atom. The number of nitrogens with zero attached hydrogens (tertiary/aromatic N) is 3. The van der Waals surface area contributed by atoms with Crippen LogP contribution in [0.5, 0.6) is 0 Å². The van der Waals surface area contributed by atoms with E-state index in [9.17, 15) is 26.8 Å². The second-order valence-corrected chi connectivity index (χ2v) is 8.90. The van der Waals surface area contributed by atoms with Gasteiger partial charge >= 0.3 is 6.18 Å². The smallest absolute Gasteiger partial charge is 0.435 e. The Hall–Kier alpha value is -3.70. The summed E-state index contributed by atoms with van der Waals surface area (Å²) in [4.78, 5) is -0.172. The molecule has 2 N–H and O–H groups in total. The quantitative estimate of drug-likeness (QED) is 0.359. The second-order valence-electron chi connectivity index (χ2n) is 7.34. The summed E-state index contributed by atoms with van der Waals surface area (Å²) < 4.78 is 65.3. The van der Waals surface area contributed by atoms with Gasteiger partial charge in [0.1, 0.15) is 0 Å². The zero-order chi connectivity index (χ0) is 24.0. The lowest BCUT2D eigenvalue weighted by Gasteiger charge is -2.12. The number of aryl methyl sites for hydroxylation is 1. The van der Waals surface area contributed by atoms with E-state index in [0.717, 1.165) is 10.7 Å². The molecular formula is C22H17F3N4O3S. The van der Waals surface area contributed by atoms with Gasteiger partial charge < -0.3 is 5.21 Å². The highest BCUT2D eigenvalue weighted by Gasteiger charge is 2.35. The number of alkyl halides is 3. The number of benzene rings is 2. The van der Waals surface area contributed by atoms with Crippen molar-refractivity contribution in [3.05, 3.63) is 89.5 Å². The van der Waals surface area contributed by atoms with Gasteiger partial charge in [0.05, 0.1) is 16.3 Å². The number of halogens is 3. The Labute approximate surface area is 187 Å². The van der Waals surface area contributed by atoms with Crippen LogP contribution in [0.25, 0.3) is 28.1 Å². The van der Waals surface area contributed by atoms with Crippen LogP contribution in [0.15, 0.2) is 78.0 Å². The number of hydrogen-bond donors (Lipinski definition) is 1. The van der Waals surface area contributed by atoms with E-state index in [-0.39, 0.29) is 16.3 Å². The summed E-state index contributed by atoms with van der Waals surface area (Å²) >= 11 is 0. The van der Waals surface area contributed by atoms with E-state index < -0.39 is 21.9 Å². The van der Waals surface area contributed by atoms with E-state index in [1.54, 1.807) is 37.3 Å². The first-order valence-corrected chi connectivity index (χ1v) is 11.1. The normalized spacial score (nSPS) is 12.2. The highest BCUT2D eigenvalue weighted by molar-refractivity contribution is 7.89. The van der Waals surface area contributed by atoms with E-state index in [1.807, 2.05) is 0 Å². The third-order valence-corrected chi connectivity index (χ3v) is 5.99. The number of rotatable bonds is 4. The molecule has 4 aromatic rings. The number of pyridine rings is 1. The summed E-state index contributed by atoms with van der Waals surface area (Å²) in [5, 5.41) is 20.2. The zero-order valence-electron chi connectivity index (χ0n) is 17.1. The van der Waals surface area contributed by atoms with E-state index >= 15 is 0 Å². The van der Waals surface area contributed by atoms with Crippen molar-refractivity contribution in [2.45, 2.75) is 18.0 Å². The molecule has 0 amide bonds. The largest absolute Gasteiger partial charge is 0.619 e. The number of primary sulfonamides is 1. The molecule has 0 saturated heterocycles. The van der Waals surface area contributed by atoms with Gasteiger partial charge in [-0.1, -0.05) is 12.1 Å². The minimum absolute atomic E-state index is 0.167. The van der Waals surface area contributed by atoms with Gasteiger partial charge in [0, 0.05) is 17.7 Å². The fourth-order valence-corrected chi connectivity index (χ4v) is 3.88. The summed E-state index contributed by atoms with van der Waals surface area (Å²) in [6.45, 7) is 1.75. The predicted molar refractivity (Wildman–Crippen MR) is 115 cm³/mol. The monoisotopic (exact) mass is 474 g/mol. The average Bonchev–Trinajstić information content (AvgIpc) is 3.20. The molecule has 0 atom stereocenters. The van der Waals surface area contributed by atoms with Gasteiger partial charge in [-0.05, 0) is 60.0 Å². The average molecular weight is 474 g/mol. The van der Waals surface area contributed by atoms with E-state index in [0.29, 0.717) is 27.0 Å². The van der Waals surface area contributed by atoms with Crippen LogP contribution in [0.4, 0.5) is 13.2 Å². The molecule has 0 fully saturated rings. The van der Waals surface area contributed by atoms with Crippen LogP contribution >= 0.6 is 0 Å². The maximum absolute atomic E-state index is 13.5. The molecule has 0 unspecified atom stereocenters. The summed E-state index contributed by atoms with van der Waals surface area (Å²) in [6.07, 6.45) is -2.03. The van der Waals surface area contributed by atoms with Crippen LogP contribution in [0, 0.1) is 12.1 Å². The molecule has 170 valence electrons. The topological polar surface area (TPSA) is 105 Å².